The zero-order chi connectivity index (χ0) is 10.6. The molecular weight excluding hydrogens is 182 g/mol. The van der Waals surface area contributed by atoms with Crippen LogP contribution in [0.1, 0.15) is 25.3 Å². The van der Waals surface area contributed by atoms with E-state index >= 15 is 0 Å². The fraction of sp³-hybridized carbons (Fsp3) is 0.429. The molecule has 0 radical (unpaired) electrons. The first kappa shape index (κ1) is 10.4. The fourth-order valence-corrected chi connectivity index (χ4v) is 1.61. The van der Waals surface area contributed by atoms with E-state index in [2.05, 4.69) is 48.7 Å². The molecule has 1 saturated carbocycles. The van der Waals surface area contributed by atoms with Gasteiger partial charge in [0.25, 0.3) is 0 Å². The Kier molecular flexibility index (Phi) is 3.22. The third-order valence-electron chi connectivity index (χ3n) is 3.03. The monoisotopic (exact) mass is 201 g/mol. The summed E-state index contributed by atoms with van der Waals surface area (Å²) in [5, 5.41) is 3.47. The molecule has 1 N–H and O–H groups in total. The van der Waals surface area contributed by atoms with Gasteiger partial charge >= 0.3 is 0 Å². The Bertz CT molecular complexity index is 322. The van der Waals surface area contributed by atoms with Crippen LogP contribution >= 0.6 is 0 Å². The lowest BCUT2D eigenvalue weighted by molar-refractivity contribution is 0.518. The van der Waals surface area contributed by atoms with E-state index in [1.54, 1.807) is 0 Å². The molecule has 1 heteroatoms. The number of rotatable bonds is 5. The molecule has 0 amide bonds. The van der Waals surface area contributed by atoms with Crippen LogP contribution in [-0.2, 0) is 0 Å². The normalized spacial score (nSPS) is 18.2. The molecule has 1 nitrogen and oxygen atoms in total. The maximum absolute atomic E-state index is 3.47. The van der Waals surface area contributed by atoms with Gasteiger partial charge < -0.3 is 5.32 Å². The van der Waals surface area contributed by atoms with Crippen LogP contribution < -0.4 is 5.32 Å². The van der Waals surface area contributed by atoms with Crippen LogP contribution in [0.3, 0.4) is 0 Å². The topological polar surface area (TPSA) is 12.0 Å². The van der Waals surface area contributed by atoms with Crippen molar-refractivity contribution in [2.24, 2.45) is 5.41 Å². The summed E-state index contributed by atoms with van der Waals surface area (Å²) in [6, 6.07) is 10.4. The van der Waals surface area contributed by atoms with Gasteiger partial charge in [-0.05, 0) is 23.8 Å². The number of nitrogens with one attached hydrogen (secondary N) is 1. The molecule has 0 bridgehead atoms. The Hall–Kier alpha value is -1.08. The van der Waals surface area contributed by atoms with Crippen molar-refractivity contribution in [3.63, 3.8) is 0 Å². The lowest BCUT2D eigenvalue weighted by Crippen LogP contribution is -2.21. The summed E-state index contributed by atoms with van der Waals surface area (Å²) in [4.78, 5) is 0. The molecule has 1 aliphatic rings. The van der Waals surface area contributed by atoms with E-state index in [-0.39, 0.29) is 0 Å². The Morgan fingerprint density at radius 3 is 2.67 bits per heavy atom. The summed E-state index contributed by atoms with van der Waals surface area (Å²) in [6.07, 6.45) is 7.15. The minimum atomic E-state index is 0.612. The van der Waals surface area contributed by atoms with Crippen LogP contribution in [0.2, 0.25) is 0 Å². The van der Waals surface area contributed by atoms with E-state index in [0.29, 0.717) is 5.41 Å². The van der Waals surface area contributed by atoms with E-state index in [1.807, 2.05) is 6.07 Å². The average Bonchev–Trinajstić information content (AvgIpc) is 2.98. The fourth-order valence-electron chi connectivity index (χ4n) is 1.61. The molecule has 0 aliphatic heterocycles. The van der Waals surface area contributed by atoms with Gasteiger partial charge in [0, 0.05) is 13.1 Å². The van der Waals surface area contributed by atoms with Crippen LogP contribution in [0.5, 0.6) is 0 Å². The van der Waals surface area contributed by atoms with E-state index in [9.17, 15) is 0 Å². The summed E-state index contributed by atoms with van der Waals surface area (Å²) < 4.78 is 0. The highest BCUT2D eigenvalue weighted by Crippen LogP contribution is 2.43. The van der Waals surface area contributed by atoms with Crippen molar-refractivity contribution in [3.8, 4) is 0 Å². The van der Waals surface area contributed by atoms with Gasteiger partial charge in [0.2, 0.25) is 0 Å². The van der Waals surface area contributed by atoms with Gasteiger partial charge in [0.15, 0.2) is 0 Å². The van der Waals surface area contributed by atoms with Crippen molar-refractivity contribution in [1.82, 2.24) is 5.32 Å². The van der Waals surface area contributed by atoms with Crippen molar-refractivity contribution in [2.75, 3.05) is 13.1 Å². The smallest absolute Gasteiger partial charge is 0.0138 e. The van der Waals surface area contributed by atoms with Crippen LogP contribution in [0.15, 0.2) is 36.4 Å². The summed E-state index contributed by atoms with van der Waals surface area (Å²) in [7, 11) is 0. The molecule has 2 rings (SSSR count). The first-order valence-electron chi connectivity index (χ1n) is 5.71. The molecule has 1 aromatic rings. The van der Waals surface area contributed by atoms with Gasteiger partial charge in [-0.2, -0.15) is 0 Å². The van der Waals surface area contributed by atoms with Crippen LogP contribution in [-0.4, -0.2) is 13.1 Å². The third kappa shape index (κ3) is 3.52. The van der Waals surface area contributed by atoms with Crippen molar-refractivity contribution >= 4 is 6.08 Å². The molecule has 0 saturated heterocycles. The van der Waals surface area contributed by atoms with Gasteiger partial charge in [0.1, 0.15) is 0 Å². The number of benzene rings is 1. The van der Waals surface area contributed by atoms with Crippen LogP contribution in [0, 0.1) is 5.41 Å². The largest absolute Gasteiger partial charge is 0.313 e. The molecule has 15 heavy (non-hydrogen) atoms. The van der Waals surface area contributed by atoms with Crippen molar-refractivity contribution in [2.45, 2.75) is 19.8 Å². The van der Waals surface area contributed by atoms with Gasteiger partial charge in [-0.25, -0.2) is 0 Å². The Labute approximate surface area is 92.2 Å². The maximum atomic E-state index is 3.47. The Morgan fingerprint density at radius 2 is 2.00 bits per heavy atom. The molecule has 0 heterocycles. The SMILES string of the molecule is CC1(CNC/C=C/c2ccccc2)CC1. The van der Waals surface area contributed by atoms with Gasteiger partial charge in [0.05, 0.1) is 0 Å². The summed E-state index contributed by atoms with van der Waals surface area (Å²) in [5.74, 6) is 0. The standard InChI is InChI=1S/C14H19N/c1-14(9-10-14)12-15-11-5-8-13-6-3-2-4-7-13/h2-8,15H,9-12H2,1H3/b8-5+. The molecule has 1 aromatic carbocycles. The second kappa shape index (κ2) is 4.63. The minimum absolute atomic E-state index is 0.612. The van der Waals surface area contributed by atoms with Crippen molar-refractivity contribution in [1.29, 1.82) is 0 Å². The van der Waals surface area contributed by atoms with Crippen LogP contribution in [0.4, 0.5) is 0 Å². The molecule has 0 aromatic heterocycles. The summed E-state index contributed by atoms with van der Waals surface area (Å²) in [5.41, 5.74) is 1.89. The zero-order valence-corrected chi connectivity index (χ0v) is 9.37. The number of hydrogen-bond donors (Lipinski definition) is 1. The molecule has 1 fully saturated rings. The summed E-state index contributed by atoms with van der Waals surface area (Å²) >= 11 is 0. The van der Waals surface area contributed by atoms with E-state index in [1.165, 1.54) is 18.4 Å². The van der Waals surface area contributed by atoms with E-state index in [0.717, 1.165) is 13.1 Å². The Balaban J connectivity index is 1.67. The predicted octanol–water partition coefficient (Wildman–Crippen LogP) is 3.09. The highest BCUT2D eigenvalue weighted by molar-refractivity contribution is 5.48. The Morgan fingerprint density at radius 1 is 1.27 bits per heavy atom. The van der Waals surface area contributed by atoms with Crippen molar-refractivity contribution < 1.29 is 0 Å². The van der Waals surface area contributed by atoms with E-state index < -0.39 is 0 Å². The zero-order valence-electron chi connectivity index (χ0n) is 9.37. The highest BCUT2D eigenvalue weighted by atomic mass is 14.9. The number of hydrogen-bond acceptors (Lipinski definition) is 1. The van der Waals surface area contributed by atoms with Gasteiger partial charge in [-0.3, -0.25) is 0 Å². The first-order valence-corrected chi connectivity index (χ1v) is 5.71. The molecular formula is C14H19N. The maximum Gasteiger partial charge on any atom is 0.0138 e. The second-order valence-corrected chi connectivity index (χ2v) is 4.75. The van der Waals surface area contributed by atoms with Crippen molar-refractivity contribution in [3.05, 3.63) is 42.0 Å². The second-order valence-electron chi connectivity index (χ2n) is 4.75. The molecule has 0 spiro atoms. The average molecular weight is 201 g/mol. The molecule has 0 atom stereocenters. The first-order chi connectivity index (χ1) is 7.29. The highest BCUT2D eigenvalue weighted by Gasteiger charge is 2.36. The van der Waals surface area contributed by atoms with Crippen LogP contribution in [0.25, 0.3) is 6.08 Å². The molecule has 80 valence electrons. The molecule has 1 aliphatic carbocycles. The quantitative estimate of drug-likeness (QED) is 0.722. The molecule has 0 unspecified atom stereocenters. The van der Waals surface area contributed by atoms with Gasteiger partial charge in [-0.1, -0.05) is 49.4 Å². The summed E-state index contributed by atoms with van der Waals surface area (Å²) in [6.45, 7) is 4.48. The lowest BCUT2D eigenvalue weighted by atomic mass is 10.1. The minimum Gasteiger partial charge on any atom is -0.313 e. The lowest BCUT2D eigenvalue weighted by Gasteiger charge is -2.07. The van der Waals surface area contributed by atoms with E-state index in [4.69, 9.17) is 0 Å². The van der Waals surface area contributed by atoms with Gasteiger partial charge in [-0.15, -0.1) is 0 Å². The third-order valence-corrected chi connectivity index (χ3v) is 3.03. The predicted molar refractivity (Wildman–Crippen MR) is 65.7 cm³/mol.